The molecule has 1 saturated carbocycles. The Kier molecular flexibility index (Phi) is 2.90. The van der Waals surface area contributed by atoms with Crippen molar-refractivity contribution in [1.29, 1.82) is 0 Å². The van der Waals surface area contributed by atoms with Gasteiger partial charge in [0.2, 0.25) is 0 Å². The third-order valence-corrected chi connectivity index (χ3v) is 3.38. The van der Waals surface area contributed by atoms with E-state index in [1.54, 1.807) is 0 Å². The summed E-state index contributed by atoms with van der Waals surface area (Å²) in [5, 5.41) is 0. The first-order valence-electron chi connectivity index (χ1n) is 4.72. The van der Waals surface area contributed by atoms with Gasteiger partial charge in [0.1, 0.15) is 0 Å². The summed E-state index contributed by atoms with van der Waals surface area (Å²) in [6.45, 7) is 6.86. The zero-order valence-electron chi connectivity index (χ0n) is 7.93. The van der Waals surface area contributed by atoms with Crippen molar-refractivity contribution >= 4 is 12.6 Å². The molecule has 1 heteroatoms. The molecular weight excluding hydrogens is 152 g/mol. The van der Waals surface area contributed by atoms with Crippen LogP contribution in [0.15, 0.2) is 0 Å². The summed E-state index contributed by atoms with van der Waals surface area (Å²) in [4.78, 5) is 0. The maximum Gasteiger partial charge on any atom is 0.0101 e. The predicted octanol–water partition coefficient (Wildman–Crippen LogP) is 3.52. The molecule has 66 valence electrons. The van der Waals surface area contributed by atoms with Gasteiger partial charge in [-0.15, -0.1) is 0 Å². The standard InChI is InChI=1S/C10H20S/c1-8-4-6-9(7-5-8)10(2,3)11/h8-9,11H,4-7H2,1-3H3/t8-,9+. The Morgan fingerprint density at radius 3 is 1.91 bits per heavy atom. The lowest BCUT2D eigenvalue weighted by atomic mass is 9.77. The van der Waals surface area contributed by atoms with Crippen LogP contribution in [-0.2, 0) is 0 Å². The van der Waals surface area contributed by atoms with Crippen molar-refractivity contribution in [2.24, 2.45) is 11.8 Å². The largest absolute Gasteiger partial charge is 0.173 e. The normalized spacial score (nSPS) is 33.8. The molecule has 0 bridgehead atoms. The molecule has 0 saturated heterocycles. The number of hydrogen-bond donors (Lipinski definition) is 1. The molecule has 0 aromatic heterocycles. The minimum atomic E-state index is 0.250. The van der Waals surface area contributed by atoms with Gasteiger partial charge in [-0.1, -0.05) is 33.6 Å². The van der Waals surface area contributed by atoms with Crippen molar-refractivity contribution in [3.05, 3.63) is 0 Å². The van der Waals surface area contributed by atoms with Crippen molar-refractivity contribution in [2.75, 3.05) is 0 Å². The molecule has 0 N–H and O–H groups in total. The average molecular weight is 172 g/mol. The quantitative estimate of drug-likeness (QED) is 0.575. The summed E-state index contributed by atoms with van der Waals surface area (Å²) < 4.78 is 0.250. The second-order valence-corrected chi connectivity index (χ2v) is 5.76. The Balaban J connectivity index is 2.39. The monoisotopic (exact) mass is 172 g/mol. The van der Waals surface area contributed by atoms with Crippen molar-refractivity contribution in [3.8, 4) is 0 Å². The molecule has 0 nitrogen and oxygen atoms in total. The smallest absolute Gasteiger partial charge is 0.0101 e. The van der Waals surface area contributed by atoms with Crippen LogP contribution in [0.25, 0.3) is 0 Å². The SMILES string of the molecule is CC(C)(S)[C@H]1CC[C@@H](C)CC1. The maximum atomic E-state index is 4.63. The van der Waals surface area contributed by atoms with Gasteiger partial charge in [0.25, 0.3) is 0 Å². The van der Waals surface area contributed by atoms with Gasteiger partial charge < -0.3 is 0 Å². The summed E-state index contributed by atoms with van der Waals surface area (Å²) >= 11 is 4.63. The van der Waals surface area contributed by atoms with Crippen molar-refractivity contribution in [2.45, 2.75) is 51.2 Å². The second-order valence-electron chi connectivity index (χ2n) is 4.61. The van der Waals surface area contributed by atoms with E-state index >= 15 is 0 Å². The van der Waals surface area contributed by atoms with Crippen LogP contribution >= 0.6 is 12.6 Å². The third-order valence-electron chi connectivity index (χ3n) is 3.01. The van der Waals surface area contributed by atoms with Gasteiger partial charge in [-0.2, -0.15) is 12.6 Å². The van der Waals surface area contributed by atoms with Gasteiger partial charge in [0, 0.05) is 4.75 Å². The topological polar surface area (TPSA) is 0 Å². The maximum absolute atomic E-state index is 4.63. The van der Waals surface area contributed by atoms with Crippen LogP contribution in [0.2, 0.25) is 0 Å². The van der Waals surface area contributed by atoms with Crippen molar-refractivity contribution in [1.82, 2.24) is 0 Å². The molecule has 0 aromatic rings. The van der Waals surface area contributed by atoms with Crippen LogP contribution in [-0.4, -0.2) is 4.75 Å². The molecule has 0 amide bonds. The van der Waals surface area contributed by atoms with Crippen LogP contribution in [0.5, 0.6) is 0 Å². The van der Waals surface area contributed by atoms with Crippen LogP contribution < -0.4 is 0 Å². The number of thiol groups is 1. The van der Waals surface area contributed by atoms with Crippen LogP contribution in [0, 0.1) is 11.8 Å². The van der Waals surface area contributed by atoms with E-state index in [1.165, 1.54) is 25.7 Å². The molecule has 0 radical (unpaired) electrons. The Labute approximate surface area is 76.2 Å². The Morgan fingerprint density at radius 1 is 1.09 bits per heavy atom. The van der Waals surface area contributed by atoms with E-state index in [1.807, 2.05) is 0 Å². The molecule has 11 heavy (non-hydrogen) atoms. The van der Waals surface area contributed by atoms with Gasteiger partial charge in [0.15, 0.2) is 0 Å². The van der Waals surface area contributed by atoms with Gasteiger partial charge in [-0.25, -0.2) is 0 Å². The van der Waals surface area contributed by atoms with E-state index in [9.17, 15) is 0 Å². The van der Waals surface area contributed by atoms with Gasteiger partial charge in [-0.05, 0) is 24.7 Å². The summed E-state index contributed by atoms with van der Waals surface area (Å²) in [5.41, 5.74) is 0. The fraction of sp³-hybridized carbons (Fsp3) is 1.00. The first-order valence-corrected chi connectivity index (χ1v) is 5.17. The molecule has 1 rings (SSSR count). The molecule has 0 aliphatic heterocycles. The zero-order valence-corrected chi connectivity index (χ0v) is 8.82. The Bertz CT molecular complexity index is 115. The second kappa shape index (κ2) is 3.38. The lowest BCUT2D eigenvalue weighted by molar-refractivity contribution is 0.254. The minimum Gasteiger partial charge on any atom is -0.173 e. The van der Waals surface area contributed by atoms with Gasteiger partial charge >= 0.3 is 0 Å². The Morgan fingerprint density at radius 2 is 1.55 bits per heavy atom. The molecule has 1 aliphatic rings. The molecule has 0 aromatic carbocycles. The van der Waals surface area contributed by atoms with E-state index in [0.717, 1.165) is 11.8 Å². The van der Waals surface area contributed by atoms with Crippen LogP contribution in [0.1, 0.15) is 46.5 Å². The lowest BCUT2D eigenvalue weighted by Crippen LogP contribution is -2.28. The fourth-order valence-corrected chi connectivity index (χ4v) is 2.22. The molecule has 0 atom stereocenters. The van der Waals surface area contributed by atoms with Crippen LogP contribution in [0.4, 0.5) is 0 Å². The van der Waals surface area contributed by atoms with E-state index < -0.39 is 0 Å². The molecule has 0 spiro atoms. The van der Waals surface area contributed by atoms with Crippen molar-refractivity contribution < 1.29 is 0 Å². The lowest BCUT2D eigenvalue weighted by Gasteiger charge is -2.35. The predicted molar refractivity (Wildman–Crippen MR) is 54.2 cm³/mol. The molecule has 1 aliphatic carbocycles. The highest BCUT2D eigenvalue weighted by atomic mass is 32.1. The highest BCUT2D eigenvalue weighted by molar-refractivity contribution is 7.81. The van der Waals surface area contributed by atoms with Crippen molar-refractivity contribution in [3.63, 3.8) is 0 Å². The summed E-state index contributed by atoms with van der Waals surface area (Å²) in [6, 6.07) is 0. The first-order chi connectivity index (χ1) is 5.00. The average Bonchev–Trinajstić information content (AvgIpc) is 1.86. The van der Waals surface area contributed by atoms with Gasteiger partial charge in [-0.3, -0.25) is 0 Å². The summed E-state index contributed by atoms with van der Waals surface area (Å²) in [6.07, 6.45) is 5.60. The number of rotatable bonds is 1. The Hall–Kier alpha value is 0.350. The van der Waals surface area contributed by atoms with Gasteiger partial charge in [0.05, 0.1) is 0 Å². The van der Waals surface area contributed by atoms with E-state index in [0.29, 0.717) is 0 Å². The van der Waals surface area contributed by atoms with E-state index in [2.05, 4.69) is 33.4 Å². The highest BCUT2D eigenvalue weighted by Gasteiger charge is 2.28. The highest BCUT2D eigenvalue weighted by Crippen LogP contribution is 2.37. The minimum absolute atomic E-state index is 0.250. The molecule has 0 unspecified atom stereocenters. The molecule has 1 fully saturated rings. The molecular formula is C10H20S. The molecule has 0 heterocycles. The first kappa shape index (κ1) is 9.44. The summed E-state index contributed by atoms with van der Waals surface area (Å²) in [7, 11) is 0. The zero-order chi connectivity index (χ0) is 8.48. The van der Waals surface area contributed by atoms with E-state index in [-0.39, 0.29) is 4.75 Å². The number of hydrogen-bond acceptors (Lipinski definition) is 1. The van der Waals surface area contributed by atoms with E-state index in [4.69, 9.17) is 0 Å². The summed E-state index contributed by atoms with van der Waals surface area (Å²) in [5.74, 6) is 1.81. The fourth-order valence-electron chi connectivity index (χ4n) is 1.97. The third kappa shape index (κ3) is 2.70. The van der Waals surface area contributed by atoms with Crippen LogP contribution in [0.3, 0.4) is 0 Å².